The number of esters is 1. The summed E-state index contributed by atoms with van der Waals surface area (Å²) in [5.74, 6) is -1.19. The largest absolute Gasteiger partial charge is 0.456 e. The lowest BCUT2D eigenvalue weighted by molar-refractivity contribution is -0.150. The van der Waals surface area contributed by atoms with E-state index in [1.165, 1.54) is 0 Å². The van der Waals surface area contributed by atoms with Gasteiger partial charge >= 0.3 is 12.0 Å². The van der Waals surface area contributed by atoms with Crippen molar-refractivity contribution in [2.75, 3.05) is 19.7 Å². The molecular formula is C20H24N4O5. The molecule has 0 bridgehead atoms. The number of aromatic nitrogens is 2. The number of unbranched alkanes of at least 4 members (excludes halogenated alkanes) is 1. The predicted octanol–water partition coefficient (Wildman–Crippen LogP) is 1.22. The van der Waals surface area contributed by atoms with Gasteiger partial charge in [-0.2, -0.15) is 0 Å². The zero-order chi connectivity index (χ0) is 20.8. The second-order valence-corrected chi connectivity index (χ2v) is 6.80. The summed E-state index contributed by atoms with van der Waals surface area (Å²) < 4.78 is 6.66. The Hall–Kier alpha value is -3.23. The number of amides is 3. The van der Waals surface area contributed by atoms with E-state index in [2.05, 4.69) is 17.2 Å². The molecule has 2 aromatic rings. The molecule has 0 aliphatic carbocycles. The number of hydrogen-bond donors (Lipinski definition) is 1. The number of fused-ring (bicyclic) bond motifs is 1. The highest BCUT2D eigenvalue weighted by atomic mass is 16.5. The van der Waals surface area contributed by atoms with E-state index in [4.69, 9.17) is 4.74 Å². The van der Waals surface area contributed by atoms with Gasteiger partial charge < -0.3 is 14.6 Å². The zero-order valence-electron chi connectivity index (χ0n) is 16.3. The van der Waals surface area contributed by atoms with Crippen LogP contribution in [0.2, 0.25) is 0 Å². The summed E-state index contributed by atoms with van der Waals surface area (Å²) in [5, 5.41) is 2.51. The monoisotopic (exact) mass is 400 g/mol. The summed E-state index contributed by atoms with van der Waals surface area (Å²) in [6.45, 7) is 2.78. The number of para-hydroxylation sites is 2. The molecule has 0 saturated carbocycles. The molecular weight excluding hydrogens is 376 g/mol. The number of urea groups is 1. The number of nitrogens with zero attached hydrogens (tertiary/aromatic N) is 3. The lowest BCUT2D eigenvalue weighted by atomic mass is 10.2. The Labute approximate surface area is 167 Å². The average Bonchev–Trinajstić information content (AvgIpc) is 3.16. The van der Waals surface area contributed by atoms with Gasteiger partial charge in [-0.25, -0.2) is 9.78 Å². The topological polar surface area (TPSA) is 111 Å². The van der Waals surface area contributed by atoms with Gasteiger partial charge in [-0.05, 0) is 18.6 Å². The number of carbonyl (C=O) groups is 3. The summed E-state index contributed by atoms with van der Waals surface area (Å²) in [4.78, 5) is 53.6. The molecule has 3 amide bonds. The molecule has 1 aromatic heterocycles. The normalized spacial score (nSPS) is 13.6. The maximum atomic E-state index is 12.8. The Morgan fingerprint density at radius 1 is 1.24 bits per heavy atom. The number of aryl methyl sites for hydroxylation is 2. The number of benzene rings is 1. The molecule has 3 rings (SSSR count). The van der Waals surface area contributed by atoms with Crippen LogP contribution in [0.25, 0.3) is 11.0 Å². The second kappa shape index (κ2) is 9.31. The van der Waals surface area contributed by atoms with Gasteiger partial charge in [-0.1, -0.05) is 25.5 Å². The molecule has 1 aliphatic heterocycles. The molecule has 2 heterocycles. The lowest BCUT2D eigenvalue weighted by Crippen LogP contribution is -2.37. The average molecular weight is 400 g/mol. The zero-order valence-corrected chi connectivity index (χ0v) is 16.3. The number of nitrogens with one attached hydrogen (secondary N) is 1. The predicted molar refractivity (Wildman–Crippen MR) is 105 cm³/mol. The Kier molecular flexibility index (Phi) is 6.58. The minimum atomic E-state index is -0.618. The third kappa shape index (κ3) is 4.79. The van der Waals surface area contributed by atoms with Crippen molar-refractivity contribution in [1.82, 2.24) is 19.8 Å². The highest BCUT2D eigenvalue weighted by Crippen LogP contribution is 2.12. The van der Waals surface area contributed by atoms with Crippen molar-refractivity contribution in [3.63, 3.8) is 0 Å². The first-order chi connectivity index (χ1) is 14.0. The van der Waals surface area contributed by atoms with Crippen LogP contribution in [0.3, 0.4) is 0 Å². The summed E-state index contributed by atoms with van der Waals surface area (Å²) in [6.07, 6.45) is 1.86. The van der Waals surface area contributed by atoms with E-state index in [1.54, 1.807) is 4.57 Å². The lowest BCUT2D eigenvalue weighted by Gasteiger charge is -2.13. The SMILES string of the molecule is CCCCn1c(=O)c(CCC(=O)OCC(=O)N2CCNC2=O)nc2ccccc21. The van der Waals surface area contributed by atoms with Crippen LogP contribution >= 0.6 is 0 Å². The minimum Gasteiger partial charge on any atom is -0.456 e. The fraction of sp³-hybridized carbons (Fsp3) is 0.450. The molecule has 0 radical (unpaired) electrons. The van der Waals surface area contributed by atoms with E-state index >= 15 is 0 Å². The van der Waals surface area contributed by atoms with Crippen molar-refractivity contribution in [2.24, 2.45) is 0 Å². The fourth-order valence-corrected chi connectivity index (χ4v) is 3.17. The molecule has 0 atom stereocenters. The molecule has 0 unspecified atom stereocenters. The fourth-order valence-electron chi connectivity index (χ4n) is 3.17. The van der Waals surface area contributed by atoms with Crippen LogP contribution in [0, 0.1) is 0 Å². The van der Waals surface area contributed by atoms with Gasteiger partial charge in [-0.15, -0.1) is 0 Å². The molecule has 0 spiro atoms. The van der Waals surface area contributed by atoms with E-state index in [1.807, 2.05) is 24.3 Å². The van der Waals surface area contributed by atoms with Crippen molar-refractivity contribution in [1.29, 1.82) is 0 Å². The number of carbonyl (C=O) groups excluding carboxylic acids is 3. The molecule has 1 fully saturated rings. The van der Waals surface area contributed by atoms with Crippen molar-refractivity contribution >= 4 is 28.9 Å². The molecule has 1 aliphatic rings. The van der Waals surface area contributed by atoms with Crippen LogP contribution in [-0.2, 0) is 27.3 Å². The van der Waals surface area contributed by atoms with Gasteiger partial charge in [0, 0.05) is 26.1 Å². The molecule has 154 valence electrons. The number of ether oxygens (including phenoxy) is 1. The van der Waals surface area contributed by atoms with E-state index < -0.39 is 24.5 Å². The van der Waals surface area contributed by atoms with Crippen LogP contribution in [-0.4, -0.2) is 52.1 Å². The van der Waals surface area contributed by atoms with Gasteiger partial charge in [0.25, 0.3) is 11.5 Å². The number of rotatable bonds is 8. The summed E-state index contributed by atoms with van der Waals surface area (Å²) in [7, 11) is 0. The van der Waals surface area contributed by atoms with Crippen molar-refractivity contribution in [3.05, 3.63) is 40.3 Å². The Morgan fingerprint density at radius 3 is 2.76 bits per heavy atom. The maximum Gasteiger partial charge on any atom is 0.324 e. The highest BCUT2D eigenvalue weighted by molar-refractivity contribution is 5.96. The molecule has 9 nitrogen and oxygen atoms in total. The van der Waals surface area contributed by atoms with Crippen LogP contribution in [0.5, 0.6) is 0 Å². The Bertz CT molecular complexity index is 984. The molecule has 1 saturated heterocycles. The third-order valence-electron chi connectivity index (χ3n) is 4.74. The van der Waals surface area contributed by atoms with Gasteiger partial charge in [0.2, 0.25) is 0 Å². The quantitative estimate of drug-likeness (QED) is 0.667. The van der Waals surface area contributed by atoms with Crippen LogP contribution < -0.4 is 10.9 Å². The third-order valence-corrected chi connectivity index (χ3v) is 4.74. The first kappa shape index (κ1) is 20.5. The van der Waals surface area contributed by atoms with E-state index in [-0.39, 0.29) is 24.9 Å². The smallest absolute Gasteiger partial charge is 0.324 e. The minimum absolute atomic E-state index is 0.0756. The summed E-state index contributed by atoms with van der Waals surface area (Å²) in [5.41, 5.74) is 1.55. The van der Waals surface area contributed by atoms with Crippen molar-refractivity contribution in [2.45, 2.75) is 39.2 Å². The molecule has 9 heteroatoms. The van der Waals surface area contributed by atoms with E-state index in [0.717, 1.165) is 23.3 Å². The Balaban J connectivity index is 1.64. The first-order valence-corrected chi connectivity index (χ1v) is 9.73. The van der Waals surface area contributed by atoms with Crippen LogP contribution in [0.4, 0.5) is 4.79 Å². The summed E-state index contributed by atoms with van der Waals surface area (Å²) in [6, 6.07) is 6.91. The number of hydrogen-bond acceptors (Lipinski definition) is 6. The molecule has 1 N–H and O–H groups in total. The highest BCUT2D eigenvalue weighted by Gasteiger charge is 2.26. The first-order valence-electron chi connectivity index (χ1n) is 9.73. The van der Waals surface area contributed by atoms with Gasteiger partial charge in [0.05, 0.1) is 17.5 Å². The van der Waals surface area contributed by atoms with Crippen molar-refractivity contribution < 1.29 is 19.1 Å². The van der Waals surface area contributed by atoms with E-state index in [0.29, 0.717) is 24.3 Å². The molecule has 1 aromatic carbocycles. The van der Waals surface area contributed by atoms with Crippen LogP contribution in [0.15, 0.2) is 29.1 Å². The van der Waals surface area contributed by atoms with Crippen molar-refractivity contribution in [3.8, 4) is 0 Å². The number of imide groups is 1. The Morgan fingerprint density at radius 2 is 2.03 bits per heavy atom. The molecule has 29 heavy (non-hydrogen) atoms. The second-order valence-electron chi connectivity index (χ2n) is 6.80. The van der Waals surface area contributed by atoms with Gasteiger partial charge in [-0.3, -0.25) is 19.3 Å². The van der Waals surface area contributed by atoms with Gasteiger partial charge in [0.15, 0.2) is 6.61 Å². The maximum absolute atomic E-state index is 12.8. The van der Waals surface area contributed by atoms with Crippen LogP contribution in [0.1, 0.15) is 31.9 Å². The van der Waals surface area contributed by atoms with Gasteiger partial charge in [0.1, 0.15) is 5.69 Å². The summed E-state index contributed by atoms with van der Waals surface area (Å²) >= 11 is 0. The van der Waals surface area contributed by atoms with E-state index in [9.17, 15) is 19.2 Å². The standard InChI is InChI=1S/C20H24N4O5/c1-2-3-11-23-16-7-5-4-6-14(16)22-15(19(23)27)8-9-18(26)29-13-17(25)24-12-10-21-20(24)28/h4-7H,2-3,8-13H2,1H3,(H,21,28).